The summed E-state index contributed by atoms with van der Waals surface area (Å²) in [6.45, 7) is 3.98. The molecule has 38 heavy (non-hydrogen) atoms. The number of methoxy groups -OCH3 is 3. The molecule has 0 bridgehead atoms. The number of sulfonamides is 1. The first-order valence-electron chi connectivity index (χ1n) is 12.0. The van der Waals surface area contributed by atoms with Crippen molar-refractivity contribution in [2.45, 2.75) is 30.9 Å². The summed E-state index contributed by atoms with van der Waals surface area (Å²) in [4.78, 5) is 2.63. The van der Waals surface area contributed by atoms with E-state index in [9.17, 15) is 8.42 Å². The van der Waals surface area contributed by atoms with Crippen LogP contribution in [0, 0.1) is 12.8 Å². The molecule has 0 amide bonds. The van der Waals surface area contributed by atoms with Crippen molar-refractivity contribution in [3.63, 3.8) is 0 Å². The van der Waals surface area contributed by atoms with Gasteiger partial charge in [-0.05, 0) is 42.8 Å². The van der Waals surface area contributed by atoms with E-state index in [1.807, 2.05) is 32.0 Å². The SMILES string of the molecule is COc1cc([C@@H]2c3cc4c(cc3O[C@H](NNS(=O)(=O)c3ccc(C)cc3)[C@@H]2C)OCO4)cc(OC)c1OC. The molecule has 2 N–H and O–H groups in total. The van der Waals surface area contributed by atoms with Gasteiger partial charge in [0.15, 0.2) is 29.2 Å². The van der Waals surface area contributed by atoms with Crippen LogP contribution in [0.15, 0.2) is 53.4 Å². The standard InChI is InChI=1S/C27H30N2O8S/c1-15-6-8-18(9-7-15)38(30,31)29-28-27-16(2)25(17-10-23(32-3)26(34-5)24(11-17)33-4)19-12-21-22(36-14-35-21)13-20(19)37-27/h6-13,16,25,27-29H,14H2,1-5H3/t16-,25-,27+/m1/s1. The summed E-state index contributed by atoms with van der Waals surface area (Å²) >= 11 is 0. The van der Waals surface area contributed by atoms with Gasteiger partial charge < -0.3 is 28.4 Å². The molecule has 5 rings (SSSR count). The number of hydrazine groups is 1. The fourth-order valence-electron chi connectivity index (χ4n) is 4.82. The lowest BCUT2D eigenvalue weighted by Gasteiger charge is -2.38. The highest BCUT2D eigenvalue weighted by atomic mass is 32.2. The van der Waals surface area contributed by atoms with Gasteiger partial charge in [-0.1, -0.05) is 24.6 Å². The van der Waals surface area contributed by atoms with Crippen LogP contribution >= 0.6 is 0 Å². The lowest BCUT2D eigenvalue weighted by molar-refractivity contribution is 0.0736. The lowest BCUT2D eigenvalue weighted by atomic mass is 9.78. The molecule has 10 nitrogen and oxygen atoms in total. The number of fused-ring (bicyclic) bond motifs is 2. The third-order valence-electron chi connectivity index (χ3n) is 6.81. The van der Waals surface area contributed by atoms with Crippen LogP contribution in [0.1, 0.15) is 29.5 Å². The van der Waals surface area contributed by atoms with Crippen LogP contribution in [-0.4, -0.2) is 42.8 Å². The Labute approximate surface area is 221 Å². The van der Waals surface area contributed by atoms with Crippen LogP contribution in [-0.2, 0) is 10.0 Å². The van der Waals surface area contributed by atoms with Crippen LogP contribution in [0.2, 0.25) is 0 Å². The van der Waals surface area contributed by atoms with Gasteiger partial charge in [0.25, 0.3) is 10.0 Å². The fourth-order valence-corrected chi connectivity index (χ4v) is 5.71. The summed E-state index contributed by atoms with van der Waals surface area (Å²) in [7, 11) is 0.828. The number of rotatable bonds is 8. The average Bonchev–Trinajstić information content (AvgIpc) is 3.37. The van der Waals surface area contributed by atoms with Crippen LogP contribution in [0.4, 0.5) is 0 Å². The summed E-state index contributed by atoms with van der Waals surface area (Å²) < 4.78 is 60.1. The highest BCUT2D eigenvalue weighted by molar-refractivity contribution is 7.89. The van der Waals surface area contributed by atoms with Crippen molar-refractivity contribution in [3.8, 4) is 34.5 Å². The van der Waals surface area contributed by atoms with Crippen LogP contribution in [0.25, 0.3) is 0 Å². The van der Waals surface area contributed by atoms with Gasteiger partial charge >= 0.3 is 0 Å². The van der Waals surface area contributed by atoms with E-state index < -0.39 is 16.3 Å². The van der Waals surface area contributed by atoms with E-state index in [0.29, 0.717) is 34.5 Å². The Hall–Kier alpha value is -3.67. The molecule has 0 saturated heterocycles. The summed E-state index contributed by atoms with van der Waals surface area (Å²) in [6, 6.07) is 14.0. The van der Waals surface area contributed by atoms with Gasteiger partial charge in [-0.3, -0.25) is 0 Å². The molecule has 3 atom stereocenters. The molecule has 2 heterocycles. The van der Waals surface area contributed by atoms with Crippen molar-refractivity contribution in [2.24, 2.45) is 5.92 Å². The molecule has 0 aliphatic carbocycles. The maximum absolute atomic E-state index is 13.0. The zero-order valence-corrected chi connectivity index (χ0v) is 22.5. The quantitative estimate of drug-likeness (QED) is 0.411. The predicted octanol–water partition coefficient (Wildman–Crippen LogP) is 3.72. The minimum atomic E-state index is -3.84. The Morgan fingerprint density at radius 1 is 0.868 bits per heavy atom. The molecular formula is C27H30N2O8S. The van der Waals surface area contributed by atoms with Gasteiger partial charge in [0.05, 0.1) is 26.2 Å². The van der Waals surface area contributed by atoms with Gasteiger partial charge in [-0.2, -0.15) is 0 Å². The minimum Gasteiger partial charge on any atom is -0.493 e. The maximum Gasteiger partial charge on any atom is 0.253 e. The number of benzene rings is 3. The minimum absolute atomic E-state index is 0.112. The monoisotopic (exact) mass is 542 g/mol. The Morgan fingerprint density at radius 3 is 2.11 bits per heavy atom. The zero-order chi connectivity index (χ0) is 27.0. The second-order valence-electron chi connectivity index (χ2n) is 9.14. The molecule has 2 aliphatic rings. The molecule has 3 aromatic rings. The van der Waals surface area contributed by atoms with Gasteiger partial charge in [0.1, 0.15) is 5.75 Å². The second-order valence-corrected chi connectivity index (χ2v) is 10.8. The summed E-state index contributed by atoms with van der Waals surface area (Å²) in [5, 5.41) is 0. The van der Waals surface area contributed by atoms with E-state index in [0.717, 1.165) is 16.7 Å². The van der Waals surface area contributed by atoms with E-state index in [-0.39, 0.29) is 23.5 Å². The van der Waals surface area contributed by atoms with E-state index in [4.69, 9.17) is 28.4 Å². The van der Waals surface area contributed by atoms with Gasteiger partial charge in [0.2, 0.25) is 12.5 Å². The highest BCUT2D eigenvalue weighted by Gasteiger charge is 2.39. The first kappa shape index (κ1) is 26.0. The van der Waals surface area contributed by atoms with Gasteiger partial charge in [-0.15, -0.1) is 4.83 Å². The number of ether oxygens (including phenoxy) is 6. The van der Waals surface area contributed by atoms with E-state index >= 15 is 0 Å². The van der Waals surface area contributed by atoms with Crippen molar-refractivity contribution >= 4 is 10.0 Å². The Kier molecular flexibility index (Phi) is 6.99. The third-order valence-corrected chi connectivity index (χ3v) is 8.09. The van der Waals surface area contributed by atoms with Crippen molar-refractivity contribution in [2.75, 3.05) is 28.1 Å². The second kappa shape index (κ2) is 10.2. The third kappa shape index (κ3) is 4.68. The highest BCUT2D eigenvalue weighted by Crippen LogP contribution is 2.51. The van der Waals surface area contributed by atoms with E-state index in [2.05, 4.69) is 10.3 Å². The van der Waals surface area contributed by atoms with Crippen molar-refractivity contribution in [1.82, 2.24) is 10.3 Å². The van der Waals surface area contributed by atoms with Crippen LogP contribution in [0.3, 0.4) is 0 Å². The van der Waals surface area contributed by atoms with Crippen molar-refractivity contribution in [3.05, 3.63) is 65.2 Å². The van der Waals surface area contributed by atoms with Crippen LogP contribution in [0.5, 0.6) is 34.5 Å². The fraction of sp³-hybridized carbons (Fsp3) is 0.333. The molecular weight excluding hydrogens is 512 g/mol. The molecule has 0 unspecified atom stereocenters. The average molecular weight is 543 g/mol. The largest absolute Gasteiger partial charge is 0.493 e. The molecule has 202 valence electrons. The summed E-state index contributed by atoms with van der Waals surface area (Å²) in [5.41, 5.74) is 5.58. The smallest absolute Gasteiger partial charge is 0.253 e. The number of hydrogen-bond acceptors (Lipinski definition) is 9. The number of aryl methyl sites for hydroxylation is 1. The van der Waals surface area contributed by atoms with Crippen molar-refractivity contribution in [1.29, 1.82) is 0 Å². The zero-order valence-electron chi connectivity index (χ0n) is 21.7. The first-order chi connectivity index (χ1) is 18.2. The first-order valence-corrected chi connectivity index (χ1v) is 13.5. The molecule has 0 aromatic heterocycles. The number of nitrogens with one attached hydrogen (secondary N) is 2. The lowest BCUT2D eigenvalue weighted by Crippen LogP contribution is -2.52. The Bertz CT molecular complexity index is 1420. The van der Waals surface area contributed by atoms with E-state index in [1.165, 1.54) is 0 Å². The molecule has 11 heteroatoms. The molecule has 0 saturated carbocycles. The molecule has 3 aromatic carbocycles. The normalized spacial score (nSPS) is 19.9. The molecule has 2 aliphatic heterocycles. The van der Waals surface area contributed by atoms with Gasteiger partial charge in [0, 0.05) is 23.5 Å². The molecule has 0 radical (unpaired) electrons. The van der Waals surface area contributed by atoms with Crippen LogP contribution < -0.4 is 38.7 Å². The Balaban J connectivity index is 1.53. The summed E-state index contributed by atoms with van der Waals surface area (Å²) in [5.74, 6) is 2.68. The molecule has 0 fully saturated rings. The van der Waals surface area contributed by atoms with E-state index in [1.54, 1.807) is 51.7 Å². The summed E-state index contributed by atoms with van der Waals surface area (Å²) in [6.07, 6.45) is -0.729. The predicted molar refractivity (Wildman–Crippen MR) is 139 cm³/mol. The number of hydrogen-bond donors (Lipinski definition) is 2. The Morgan fingerprint density at radius 2 is 1.50 bits per heavy atom. The molecule has 0 spiro atoms. The maximum atomic E-state index is 13.0. The van der Waals surface area contributed by atoms with Crippen molar-refractivity contribution < 1.29 is 36.8 Å². The van der Waals surface area contributed by atoms with Gasteiger partial charge in [-0.25, -0.2) is 13.8 Å². The topological polar surface area (TPSA) is 114 Å².